The van der Waals surface area contributed by atoms with Crippen LogP contribution in [0, 0.1) is 5.92 Å². The highest BCUT2D eigenvalue weighted by Crippen LogP contribution is 2.20. The maximum atomic E-state index is 11.7. The molecule has 0 bridgehead atoms. The van der Waals surface area contributed by atoms with Gasteiger partial charge in [0.2, 0.25) is 5.91 Å². The van der Waals surface area contributed by atoms with Crippen LogP contribution in [-0.4, -0.2) is 47.0 Å². The maximum Gasteiger partial charge on any atom is 0.475 e. The molecular weight excluding hydrogens is 183 g/mol. The van der Waals surface area contributed by atoms with E-state index in [-0.39, 0.29) is 11.8 Å². The quantitative estimate of drug-likeness (QED) is 0.488. The average molecular weight is 200 g/mol. The standard InChI is InChI=1S/C8H17BN2O3/c1-6(5-10)8(12)11-4-2-3-7(11)9(13)14/h6-7,13-14H,2-5,10H2,1H3/t6?,7-/m0/s1. The summed E-state index contributed by atoms with van der Waals surface area (Å²) in [5, 5.41) is 18.1. The summed E-state index contributed by atoms with van der Waals surface area (Å²) in [6.07, 6.45) is 1.48. The van der Waals surface area contributed by atoms with E-state index in [4.69, 9.17) is 15.8 Å². The van der Waals surface area contributed by atoms with Gasteiger partial charge >= 0.3 is 7.12 Å². The molecule has 0 radical (unpaired) electrons. The van der Waals surface area contributed by atoms with E-state index >= 15 is 0 Å². The molecule has 1 unspecified atom stereocenters. The van der Waals surface area contributed by atoms with Gasteiger partial charge in [0.25, 0.3) is 0 Å². The lowest BCUT2D eigenvalue weighted by Crippen LogP contribution is -2.48. The molecule has 0 saturated carbocycles. The van der Waals surface area contributed by atoms with Crippen molar-refractivity contribution in [3.05, 3.63) is 0 Å². The van der Waals surface area contributed by atoms with Crippen molar-refractivity contribution in [2.24, 2.45) is 11.7 Å². The van der Waals surface area contributed by atoms with Crippen molar-refractivity contribution < 1.29 is 14.8 Å². The highest BCUT2D eigenvalue weighted by molar-refractivity contribution is 6.43. The summed E-state index contributed by atoms with van der Waals surface area (Å²) in [5.74, 6) is -0.769. The Morgan fingerprint density at radius 1 is 1.71 bits per heavy atom. The number of carbonyl (C=O) groups excluding carboxylic acids is 1. The number of nitrogens with zero attached hydrogens (tertiary/aromatic N) is 1. The number of rotatable bonds is 3. The van der Waals surface area contributed by atoms with E-state index in [0.29, 0.717) is 19.5 Å². The molecule has 0 aromatic heterocycles. The summed E-state index contributed by atoms with van der Waals surface area (Å²) in [6.45, 7) is 2.65. The van der Waals surface area contributed by atoms with Crippen LogP contribution in [-0.2, 0) is 4.79 Å². The Hall–Kier alpha value is -0.585. The van der Waals surface area contributed by atoms with Crippen molar-refractivity contribution in [2.75, 3.05) is 13.1 Å². The van der Waals surface area contributed by atoms with Crippen LogP contribution in [0.5, 0.6) is 0 Å². The van der Waals surface area contributed by atoms with Crippen LogP contribution in [0.15, 0.2) is 0 Å². The zero-order chi connectivity index (χ0) is 10.7. The third kappa shape index (κ3) is 2.26. The van der Waals surface area contributed by atoms with E-state index in [9.17, 15) is 4.79 Å². The molecule has 0 aliphatic carbocycles. The lowest BCUT2D eigenvalue weighted by atomic mass is 9.77. The Balaban J connectivity index is 2.62. The molecule has 1 rings (SSSR count). The van der Waals surface area contributed by atoms with Crippen molar-refractivity contribution in [1.82, 2.24) is 4.90 Å². The Morgan fingerprint density at radius 3 is 2.86 bits per heavy atom. The third-order valence-corrected chi connectivity index (χ3v) is 2.70. The lowest BCUT2D eigenvalue weighted by molar-refractivity contribution is -0.134. The van der Waals surface area contributed by atoms with E-state index < -0.39 is 13.1 Å². The molecule has 0 spiro atoms. The summed E-state index contributed by atoms with van der Waals surface area (Å²) in [5.41, 5.74) is 5.39. The fourth-order valence-corrected chi connectivity index (χ4v) is 1.76. The molecular formula is C8H17BN2O3. The third-order valence-electron chi connectivity index (χ3n) is 2.70. The van der Waals surface area contributed by atoms with Crippen LogP contribution in [0.1, 0.15) is 19.8 Å². The zero-order valence-corrected chi connectivity index (χ0v) is 8.39. The van der Waals surface area contributed by atoms with Gasteiger partial charge in [-0.15, -0.1) is 0 Å². The van der Waals surface area contributed by atoms with E-state index in [0.717, 1.165) is 6.42 Å². The van der Waals surface area contributed by atoms with E-state index in [1.807, 2.05) is 0 Å². The topological polar surface area (TPSA) is 86.8 Å². The Labute approximate surface area is 84.0 Å². The van der Waals surface area contributed by atoms with Crippen LogP contribution in [0.3, 0.4) is 0 Å². The van der Waals surface area contributed by atoms with Gasteiger partial charge in [-0.05, 0) is 12.8 Å². The van der Waals surface area contributed by atoms with Crippen LogP contribution in [0.2, 0.25) is 0 Å². The van der Waals surface area contributed by atoms with Crippen molar-refractivity contribution in [1.29, 1.82) is 0 Å². The largest absolute Gasteiger partial charge is 0.475 e. The first kappa shape index (κ1) is 11.5. The van der Waals surface area contributed by atoms with Crippen LogP contribution in [0.25, 0.3) is 0 Å². The van der Waals surface area contributed by atoms with Gasteiger partial charge in [-0.3, -0.25) is 4.79 Å². The predicted octanol–water partition coefficient (Wildman–Crippen LogP) is -1.42. The second-order valence-electron chi connectivity index (χ2n) is 3.79. The number of hydrogen-bond donors (Lipinski definition) is 3. The summed E-state index contributed by atoms with van der Waals surface area (Å²) in [4.78, 5) is 13.2. The van der Waals surface area contributed by atoms with Crippen molar-refractivity contribution in [2.45, 2.75) is 25.7 Å². The number of amides is 1. The number of likely N-dealkylation sites (tertiary alicyclic amines) is 1. The Bertz CT molecular complexity index is 213. The fraction of sp³-hybridized carbons (Fsp3) is 0.875. The summed E-state index contributed by atoms with van der Waals surface area (Å²) in [7, 11) is -1.44. The van der Waals surface area contributed by atoms with Gasteiger partial charge in [-0.1, -0.05) is 6.92 Å². The molecule has 1 aliphatic heterocycles. The first-order valence-electron chi connectivity index (χ1n) is 4.94. The molecule has 0 aromatic rings. The van der Waals surface area contributed by atoms with Gasteiger partial charge in [0, 0.05) is 19.0 Å². The highest BCUT2D eigenvalue weighted by atomic mass is 16.4. The van der Waals surface area contributed by atoms with Crippen molar-refractivity contribution >= 4 is 13.0 Å². The fourth-order valence-electron chi connectivity index (χ4n) is 1.76. The number of hydrogen-bond acceptors (Lipinski definition) is 4. The summed E-state index contributed by atoms with van der Waals surface area (Å²) < 4.78 is 0. The van der Waals surface area contributed by atoms with Gasteiger partial charge in [0.05, 0.1) is 5.94 Å². The molecule has 1 aliphatic rings. The van der Waals surface area contributed by atoms with Crippen molar-refractivity contribution in [3.8, 4) is 0 Å². The SMILES string of the molecule is CC(CN)C(=O)N1CCC[C@H]1B(O)O. The second-order valence-corrected chi connectivity index (χ2v) is 3.79. The molecule has 2 atom stereocenters. The average Bonchev–Trinajstić information content (AvgIpc) is 2.63. The van der Waals surface area contributed by atoms with E-state index in [1.165, 1.54) is 4.90 Å². The maximum absolute atomic E-state index is 11.7. The highest BCUT2D eigenvalue weighted by Gasteiger charge is 2.37. The predicted molar refractivity (Wildman–Crippen MR) is 53.1 cm³/mol. The smallest absolute Gasteiger partial charge is 0.426 e. The van der Waals surface area contributed by atoms with Gasteiger partial charge in [-0.2, -0.15) is 0 Å². The molecule has 14 heavy (non-hydrogen) atoms. The molecule has 1 heterocycles. The van der Waals surface area contributed by atoms with Crippen LogP contribution in [0.4, 0.5) is 0 Å². The minimum absolute atomic E-state index is 0.0805. The van der Waals surface area contributed by atoms with Gasteiger partial charge < -0.3 is 20.7 Å². The summed E-state index contributed by atoms with van der Waals surface area (Å²) >= 11 is 0. The molecule has 0 aromatic carbocycles. The number of carbonyl (C=O) groups is 1. The molecule has 5 nitrogen and oxygen atoms in total. The van der Waals surface area contributed by atoms with Crippen LogP contribution < -0.4 is 5.73 Å². The molecule has 1 fully saturated rings. The molecule has 4 N–H and O–H groups in total. The monoisotopic (exact) mass is 200 g/mol. The summed E-state index contributed by atoms with van der Waals surface area (Å²) in [6, 6.07) is 0. The first-order chi connectivity index (χ1) is 6.57. The lowest BCUT2D eigenvalue weighted by Gasteiger charge is -2.26. The Morgan fingerprint density at radius 2 is 2.36 bits per heavy atom. The van der Waals surface area contributed by atoms with Gasteiger partial charge in [-0.25, -0.2) is 0 Å². The first-order valence-corrected chi connectivity index (χ1v) is 4.94. The molecule has 1 saturated heterocycles. The van der Waals surface area contributed by atoms with Gasteiger partial charge in [0.15, 0.2) is 0 Å². The van der Waals surface area contributed by atoms with Gasteiger partial charge in [0.1, 0.15) is 0 Å². The van der Waals surface area contributed by atoms with Crippen molar-refractivity contribution in [3.63, 3.8) is 0 Å². The second kappa shape index (κ2) is 4.77. The number of nitrogens with two attached hydrogens (primary N) is 1. The zero-order valence-electron chi connectivity index (χ0n) is 8.39. The normalized spacial score (nSPS) is 23.7. The van der Waals surface area contributed by atoms with Crippen LogP contribution >= 0.6 is 0 Å². The molecule has 1 amide bonds. The van der Waals surface area contributed by atoms with E-state index in [1.54, 1.807) is 6.92 Å². The molecule has 80 valence electrons. The minimum atomic E-state index is -1.44. The minimum Gasteiger partial charge on any atom is -0.426 e. The van der Waals surface area contributed by atoms with E-state index in [2.05, 4.69) is 0 Å². The molecule has 6 heteroatoms. The Kier molecular flexibility index (Phi) is 3.91.